The summed E-state index contributed by atoms with van der Waals surface area (Å²) in [7, 11) is -5.03. The van der Waals surface area contributed by atoms with Crippen molar-refractivity contribution in [2.45, 2.75) is 23.9 Å². The second-order valence-corrected chi connectivity index (χ2v) is 5.47. The number of carboxylic acids is 1. The zero-order chi connectivity index (χ0) is 15.5. The molecule has 0 saturated carbocycles. The van der Waals surface area contributed by atoms with Crippen molar-refractivity contribution in [3.05, 3.63) is 29.3 Å². The first-order valence-electron chi connectivity index (χ1n) is 4.93. The van der Waals surface area contributed by atoms with Gasteiger partial charge in [-0.25, -0.2) is 13.2 Å². The Morgan fingerprint density at radius 3 is 2.25 bits per heavy atom. The van der Waals surface area contributed by atoms with Crippen molar-refractivity contribution < 1.29 is 40.6 Å². The summed E-state index contributed by atoms with van der Waals surface area (Å²) in [5, 5.41) is 8.74. The van der Waals surface area contributed by atoms with E-state index >= 15 is 0 Å². The van der Waals surface area contributed by atoms with Crippen molar-refractivity contribution in [3.63, 3.8) is 0 Å². The van der Waals surface area contributed by atoms with Gasteiger partial charge in [0.25, 0.3) is 0 Å². The zero-order valence-electron chi connectivity index (χ0n) is 9.59. The van der Waals surface area contributed by atoms with Crippen LogP contribution in [0.25, 0.3) is 0 Å². The van der Waals surface area contributed by atoms with E-state index in [1.54, 1.807) is 0 Å². The van der Waals surface area contributed by atoms with E-state index in [4.69, 9.17) is 5.11 Å². The standard InChI is InChI=1S/C10H8F4O5S/c11-9(12)19-4-5-1-6(8(15)16)3-7(2-5)20(17,18)10(13)14/h1-3,9-10H,4H2,(H,15,16). The fourth-order valence-electron chi connectivity index (χ4n) is 1.29. The van der Waals surface area contributed by atoms with Crippen LogP contribution in [0.1, 0.15) is 15.9 Å². The normalized spacial score (nSPS) is 12.1. The minimum Gasteiger partial charge on any atom is -0.478 e. The molecule has 1 aromatic rings. The molecule has 0 spiro atoms. The van der Waals surface area contributed by atoms with Crippen LogP contribution in [0, 0.1) is 0 Å². The van der Waals surface area contributed by atoms with Gasteiger partial charge >= 0.3 is 18.3 Å². The van der Waals surface area contributed by atoms with Gasteiger partial charge < -0.3 is 9.84 Å². The number of hydrogen-bond donors (Lipinski definition) is 1. The Morgan fingerprint density at radius 1 is 1.20 bits per heavy atom. The van der Waals surface area contributed by atoms with Crippen molar-refractivity contribution >= 4 is 15.8 Å². The molecule has 0 unspecified atom stereocenters. The Morgan fingerprint density at radius 2 is 1.80 bits per heavy atom. The van der Waals surface area contributed by atoms with E-state index in [-0.39, 0.29) is 5.56 Å². The number of carboxylic acid groups (broad SMARTS) is 1. The molecule has 0 aliphatic heterocycles. The summed E-state index contributed by atoms with van der Waals surface area (Å²) >= 11 is 0. The van der Waals surface area contributed by atoms with Gasteiger partial charge in [0, 0.05) is 0 Å². The number of benzene rings is 1. The lowest BCUT2D eigenvalue weighted by atomic mass is 10.1. The summed E-state index contributed by atoms with van der Waals surface area (Å²) < 4.78 is 74.9. The van der Waals surface area contributed by atoms with E-state index in [1.165, 1.54) is 0 Å². The van der Waals surface area contributed by atoms with Crippen LogP contribution < -0.4 is 0 Å². The molecule has 0 amide bonds. The molecule has 1 rings (SSSR count). The highest BCUT2D eigenvalue weighted by Gasteiger charge is 2.28. The van der Waals surface area contributed by atoms with Crippen LogP contribution >= 0.6 is 0 Å². The molecule has 10 heteroatoms. The number of hydrogen-bond acceptors (Lipinski definition) is 4. The van der Waals surface area contributed by atoms with Crippen LogP contribution in [0.3, 0.4) is 0 Å². The fourth-order valence-corrected chi connectivity index (χ4v) is 2.11. The SMILES string of the molecule is O=C(O)c1cc(COC(F)F)cc(S(=O)(=O)C(F)F)c1. The number of ether oxygens (including phenoxy) is 1. The van der Waals surface area contributed by atoms with Crippen LogP contribution in [0.5, 0.6) is 0 Å². The average Bonchev–Trinajstić information content (AvgIpc) is 2.35. The van der Waals surface area contributed by atoms with Gasteiger partial charge in [0.2, 0.25) is 9.84 Å². The molecule has 5 nitrogen and oxygen atoms in total. The molecule has 0 atom stereocenters. The maximum Gasteiger partial charge on any atom is 0.345 e. The maximum absolute atomic E-state index is 12.4. The lowest BCUT2D eigenvalue weighted by Crippen LogP contribution is -2.13. The zero-order valence-corrected chi connectivity index (χ0v) is 10.4. The van der Waals surface area contributed by atoms with Crippen molar-refractivity contribution in [3.8, 4) is 0 Å². The predicted molar refractivity (Wildman–Crippen MR) is 57.4 cm³/mol. The van der Waals surface area contributed by atoms with Crippen LogP contribution in [0.4, 0.5) is 17.6 Å². The highest BCUT2D eigenvalue weighted by Crippen LogP contribution is 2.22. The van der Waals surface area contributed by atoms with E-state index < -0.39 is 45.2 Å². The van der Waals surface area contributed by atoms with Gasteiger partial charge in [-0.3, -0.25) is 0 Å². The molecule has 20 heavy (non-hydrogen) atoms. The third-order valence-electron chi connectivity index (χ3n) is 2.15. The van der Waals surface area contributed by atoms with Crippen LogP contribution in [-0.2, 0) is 21.2 Å². The summed E-state index contributed by atoms with van der Waals surface area (Å²) in [5.74, 6) is -5.34. The molecule has 0 fully saturated rings. The molecule has 112 valence electrons. The van der Waals surface area contributed by atoms with Gasteiger partial charge in [-0.2, -0.15) is 17.6 Å². The van der Waals surface area contributed by atoms with Gasteiger partial charge in [-0.15, -0.1) is 0 Å². The molecule has 1 aromatic carbocycles. The van der Waals surface area contributed by atoms with Crippen LogP contribution in [0.2, 0.25) is 0 Å². The van der Waals surface area contributed by atoms with Crippen molar-refractivity contribution in [1.82, 2.24) is 0 Å². The Hall–Kier alpha value is -1.68. The predicted octanol–water partition coefficient (Wildman–Crippen LogP) is 2.12. The summed E-state index contributed by atoms with van der Waals surface area (Å²) in [6.45, 7) is -3.98. The Kier molecular flexibility index (Phi) is 5.06. The highest BCUT2D eigenvalue weighted by atomic mass is 32.2. The number of aromatic carboxylic acids is 1. The first-order valence-corrected chi connectivity index (χ1v) is 6.48. The van der Waals surface area contributed by atoms with E-state index in [9.17, 15) is 30.8 Å². The summed E-state index contributed by atoms with van der Waals surface area (Å²) in [5.41, 5.74) is -0.899. The fraction of sp³-hybridized carbons (Fsp3) is 0.300. The lowest BCUT2D eigenvalue weighted by molar-refractivity contribution is -0.137. The first-order chi connectivity index (χ1) is 9.14. The van der Waals surface area contributed by atoms with E-state index in [1.807, 2.05) is 0 Å². The third kappa shape index (κ3) is 3.90. The Bertz CT molecular complexity index is 600. The van der Waals surface area contributed by atoms with Gasteiger partial charge in [0.05, 0.1) is 17.1 Å². The molecule has 0 aliphatic carbocycles. The van der Waals surface area contributed by atoms with Crippen molar-refractivity contribution in [1.29, 1.82) is 0 Å². The number of sulfone groups is 1. The third-order valence-corrected chi connectivity index (χ3v) is 3.51. The van der Waals surface area contributed by atoms with Gasteiger partial charge in [0.15, 0.2) is 0 Å². The van der Waals surface area contributed by atoms with E-state index in [0.717, 1.165) is 6.07 Å². The summed E-state index contributed by atoms with van der Waals surface area (Å²) in [6, 6.07) is 2.04. The number of carbonyl (C=O) groups is 1. The average molecular weight is 316 g/mol. The monoisotopic (exact) mass is 316 g/mol. The van der Waals surface area contributed by atoms with Crippen LogP contribution in [-0.4, -0.2) is 31.9 Å². The molecule has 0 saturated heterocycles. The molecule has 0 aliphatic rings. The molecule has 0 aromatic heterocycles. The summed E-state index contributed by atoms with van der Waals surface area (Å²) in [4.78, 5) is 9.80. The number of rotatable bonds is 6. The molecule has 0 radical (unpaired) electrons. The first kappa shape index (κ1) is 16.4. The number of alkyl halides is 4. The Labute approximate surface area is 110 Å². The smallest absolute Gasteiger partial charge is 0.345 e. The topological polar surface area (TPSA) is 80.7 Å². The Balaban J connectivity index is 3.28. The van der Waals surface area contributed by atoms with Gasteiger partial charge in [-0.05, 0) is 23.8 Å². The molecular weight excluding hydrogens is 308 g/mol. The van der Waals surface area contributed by atoms with E-state index in [2.05, 4.69) is 4.74 Å². The molecular formula is C10H8F4O5S. The van der Waals surface area contributed by atoms with Crippen molar-refractivity contribution in [2.75, 3.05) is 0 Å². The minimum absolute atomic E-state index is 0.274. The quantitative estimate of drug-likeness (QED) is 0.813. The van der Waals surface area contributed by atoms with Gasteiger partial charge in [0.1, 0.15) is 0 Å². The second kappa shape index (κ2) is 6.18. The molecule has 1 N–H and O–H groups in total. The highest BCUT2D eigenvalue weighted by molar-refractivity contribution is 7.91. The minimum atomic E-state index is -5.03. The van der Waals surface area contributed by atoms with Crippen LogP contribution in [0.15, 0.2) is 23.1 Å². The second-order valence-electron chi connectivity index (χ2n) is 3.55. The molecule has 0 bridgehead atoms. The molecule has 0 heterocycles. The van der Waals surface area contributed by atoms with E-state index in [0.29, 0.717) is 12.1 Å². The largest absolute Gasteiger partial charge is 0.478 e. The lowest BCUT2D eigenvalue weighted by Gasteiger charge is -2.08. The maximum atomic E-state index is 12.4. The van der Waals surface area contributed by atoms with Crippen molar-refractivity contribution in [2.24, 2.45) is 0 Å². The number of halogens is 4. The summed E-state index contributed by atoms with van der Waals surface area (Å²) in [6.07, 6.45) is 0. The van der Waals surface area contributed by atoms with Gasteiger partial charge in [-0.1, -0.05) is 0 Å².